The first-order valence-corrected chi connectivity index (χ1v) is 4.95. The van der Waals surface area contributed by atoms with E-state index in [9.17, 15) is 0 Å². The molecule has 0 saturated carbocycles. The Bertz CT molecular complexity index is 205. The standard InChI is InChI=1S/C9H12OS2/c1-10-9-3-7(5-11)2-8(4-9)6-12/h2-4,11-12H,5-6H2,1H3. The third-order valence-electron chi connectivity index (χ3n) is 1.63. The van der Waals surface area contributed by atoms with Crippen LogP contribution in [0.15, 0.2) is 18.2 Å². The zero-order valence-electron chi connectivity index (χ0n) is 6.95. The molecule has 0 aromatic heterocycles. The van der Waals surface area contributed by atoms with Crippen molar-refractivity contribution in [1.29, 1.82) is 0 Å². The van der Waals surface area contributed by atoms with E-state index in [-0.39, 0.29) is 0 Å². The van der Waals surface area contributed by atoms with Gasteiger partial charge in [-0.1, -0.05) is 6.07 Å². The van der Waals surface area contributed by atoms with Crippen LogP contribution < -0.4 is 4.74 Å². The molecule has 0 N–H and O–H groups in total. The van der Waals surface area contributed by atoms with Gasteiger partial charge in [-0.3, -0.25) is 0 Å². The zero-order chi connectivity index (χ0) is 8.97. The molecule has 12 heavy (non-hydrogen) atoms. The van der Waals surface area contributed by atoms with Crippen molar-refractivity contribution >= 4 is 25.3 Å². The van der Waals surface area contributed by atoms with Crippen molar-refractivity contribution in [2.75, 3.05) is 7.11 Å². The van der Waals surface area contributed by atoms with Gasteiger partial charge in [0.05, 0.1) is 7.11 Å². The molecule has 66 valence electrons. The van der Waals surface area contributed by atoms with Crippen LogP contribution in [-0.4, -0.2) is 7.11 Å². The zero-order valence-corrected chi connectivity index (χ0v) is 8.74. The number of rotatable bonds is 3. The van der Waals surface area contributed by atoms with Crippen molar-refractivity contribution in [1.82, 2.24) is 0 Å². The summed E-state index contributed by atoms with van der Waals surface area (Å²) >= 11 is 8.40. The molecular weight excluding hydrogens is 188 g/mol. The maximum atomic E-state index is 5.13. The average Bonchev–Trinajstić information content (AvgIpc) is 2.16. The van der Waals surface area contributed by atoms with Crippen LogP contribution >= 0.6 is 25.3 Å². The van der Waals surface area contributed by atoms with Crippen molar-refractivity contribution in [3.8, 4) is 5.75 Å². The summed E-state index contributed by atoms with van der Waals surface area (Å²) in [6.07, 6.45) is 0. The van der Waals surface area contributed by atoms with Gasteiger partial charge in [0.2, 0.25) is 0 Å². The number of hydrogen-bond acceptors (Lipinski definition) is 3. The molecule has 1 rings (SSSR count). The van der Waals surface area contributed by atoms with Gasteiger partial charge in [-0.25, -0.2) is 0 Å². The SMILES string of the molecule is COc1cc(CS)cc(CS)c1. The predicted octanol–water partition coefficient (Wildman–Crippen LogP) is 2.55. The van der Waals surface area contributed by atoms with E-state index in [4.69, 9.17) is 4.74 Å². The first kappa shape index (κ1) is 9.81. The fourth-order valence-electron chi connectivity index (χ4n) is 1.03. The lowest BCUT2D eigenvalue weighted by atomic mass is 10.1. The molecular formula is C9H12OS2. The second-order valence-electron chi connectivity index (χ2n) is 2.51. The van der Waals surface area contributed by atoms with Gasteiger partial charge in [-0.2, -0.15) is 25.3 Å². The van der Waals surface area contributed by atoms with Gasteiger partial charge >= 0.3 is 0 Å². The lowest BCUT2D eigenvalue weighted by Gasteiger charge is -2.05. The molecule has 0 heterocycles. The number of thiol groups is 2. The van der Waals surface area contributed by atoms with Crippen LogP contribution in [0.4, 0.5) is 0 Å². The van der Waals surface area contributed by atoms with Crippen molar-refractivity contribution in [3.05, 3.63) is 29.3 Å². The fourth-order valence-corrected chi connectivity index (χ4v) is 1.39. The van der Waals surface area contributed by atoms with Gasteiger partial charge in [-0.05, 0) is 23.3 Å². The number of benzene rings is 1. The number of methoxy groups -OCH3 is 1. The molecule has 0 fully saturated rings. The summed E-state index contributed by atoms with van der Waals surface area (Å²) in [5.41, 5.74) is 2.34. The Hall–Kier alpha value is -0.280. The highest BCUT2D eigenvalue weighted by molar-refractivity contribution is 7.79. The fraction of sp³-hybridized carbons (Fsp3) is 0.333. The van der Waals surface area contributed by atoms with E-state index in [0.29, 0.717) is 0 Å². The highest BCUT2D eigenvalue weighted by Gasteiger charge is 1.98. The summed E-state index contributed by atoms with van der Waals surface area (Å²) in [6, 6.07) is 6.06. The topological polar surface area (TPSA) is 9.23 Å². The molecule has 3 heteroatoms. The van der Waals surface area contributed by atoms with Gasteiger partial charge in [0.15, 0.2) is 0 Å². The van der Waals surface area contributed by atoms with Crippen molar-refractivity contribution in [2.45, 2.75) is 11.5 Å². The van der Waals surface area contributed by atoms with E-state index < -0.39 is 0 Å². The summed E-state index contributed by atoms with van der Waals surface area (Å²) in [7, 11) is 1.67. The third kappa shape index (κ3) is 2.35. The van der Waals surface area contributed by atoms with Gasteiger partial charge in [0.1, 0.15) is 5.75 Å². The lowest BCUT2D eigenvalue weighted by molar-refractivity contribution is 0.414. The summed E-state index contributed by atoms with van der Waals surface area (Å²) in [5.74, 6) is 2.35. The predicted molar refractivity (Wildman–Crippen MR) is 58.4 cm³/mol. The Labute approximate surface area is 83.9 Å². The summed E-state index contributed by atoms with van der Waals surface area (Å²) in [5, 5.41) is 0. The molecule has 1 aromatic rings. The first-order chi connectivity index (χ1) is 5.80. The van der Waals surface area contributed by atoms with Gasteiger partial charge < -0.3 is 4.74 Å². The minimum atomic E-state index is 0.734. The molecule has 0 aliphatic rings. The maximum absolute atomic E-state index is 5.13. The molecule has 0 unspecified atom stereocenters. The van der Waals surface area contributed by atoms with Crippen LogP contribution in [0.5, 0.6) is 5.75 Å². The minimum Gasteiger partial charge on any atom is -0.497 e. The Morgan fingerprint density at radius 3 is 1.92 bits per heavy atom. The molecule has 0 atom stereocenters. The van der Waals surface area contributed by atoms with E-state index in [1.807, 2.05) is 12.1 Å². The number of ether oxygens (including phenoxy) is 1. The Kier molecular flexibility index (Phi) is 3.82. The summed E-state index contributed by atoms with van der Waals surface area (Å²) < 4.78 is 5.13. The first-order valence-electron chi connectivity index (χ1n) is 3.68. The highest BCUT2D eigenvalue weighted by atomic mass is 32.1. The largest absolute Gasteiger partial charge is 0.497 e. The van der Waals surface area contributed by atoms with Crippen molar-refractivity contribution in [3.63, 3.8) is 0 Å². The van der Waals surface area contributed by atoms with Gasteiger partial charge in [0, 0.05) is 11.5 Å². The quantitative estimate of drug-likeness (QED) is 0.713. The van der Waals surface area contributed by atoms with E-state index in [0.717, 1.165) is 17.3 Å². The lowest BCUT2D eigenvalue weighted by Crippen LogP contribution is -1.88. The van der Waals surface area contributed by atoms with Crippen LogP contribution in [-0.2, 0) is 11.5 Å². The van der Waals surface area contributed by atoms with E-state index in [2.05, 4.69) is 31.3 Å². The summed E-state index contributed by atoms with van der Waals surface area (Å²) in [6.45, 7) is 0. The van der Waals surface area contributed by atoms with E-state index in [1.54, 1.807) is 7.11 Å². The van der Waals surface area contributed by atoms with Crippen LogP contribution in [0.1, 0.15) is 11.1 Å². The summed E-state index contributed by atoms with van der Waals surface area (Å²) in [4.78, 5) is 0. The van der Waals surface area contributed by atoms with Crippen LogP contribution in [0.3, 0.4) is 0 Å². The second kappa shape index (κ2) is 4.67. The van der Waals surface area contributed by atoms with Crippen LogP contribution in [0.25, 0.3) is 0 Å². The van der Waals surface area contributed by atoms with Crippen LogP contribution in [0.2, 0.25) is 0 Å². The molecule has 0 spiro atoms. The normalized spacial score (nSPS) is 9.92. The maximum Gasteiger partial charge on any atom is 0.119 e. The van der Waals surface area contributed by atoms with Crippen LogP contribution in [0, 0.1) is 0 Å². The Morgan fingerprint density at radius 1 is 1.08 bits per heavy atom. The van der Waals surface area contributed by atoms with Crippen molar-refractivity contribution < 1.29 is 4.74 Å². The minimum absolute atomic E-state index is 0.734. The Balaban J connectivity index is 3.01. The third-order valence-corrected chi connectivity index (χ3v) is 2.36. The monoisotopic (exact) mass is 200 g/mol. The molecule has 1 nitrogen and oxygen atoms in total. The molecule has 0 amide bonds. The Morgan fingerprint density at radius 2 is 1.58 bits per heavy atom. The van der Waals surface area contributed by atoms with Gasteiger partial charge in [0.25, 0.3) is 0 Å². The molecule has 0 bridgehead atoms. The van der Waals surface area contributed by atoms with E-state index >= 15 is 0 Å². The smallest absolute Gasteiger partial charge is 0.119 e. The molecule has 0 aliphatic carbocycles. The molecule has 0 saturated heterocycles. The second-order valence-corrected chi connectivity index (χ2v) is 3.14. The van der Waals surface area contributed by atoms with Gasteiger partial charge in [-0.15, -0.1) is 0 Å². The average molecular weight is 200 g/mol. The molecule has 0 aliphatic heterocycles. The van der Waals surface area contributed by atoms with Crippen molar-refractivity contribution in [2.24, 2.45) is 0 Å². The molecule has 1 aromatic carbocycles. The van der Waals surface area contributed by atoms with E-state index in [1.165, 1.54) is 11.1 Å². The highest BCUT2D eigenvalue weighted by Crippen LogP contribution is 2.19. The molecule has 0 radical (unpaired) electrons. The number of hydrogen-bond donors (Lipinski definition) is 2.